The number of halogens is 1. The van der Waals surface area contributed by atoms with Crippen LogP contribution < -0.4 is 10.2 Å². The van der Waals surface area contributed by atoms with Crippen LogP contribution >= 0.6 is 11.6 Å². The number of rotatable bonds is 12. The molecule has 1 amide bonds. The van der Waals surface area contributed by atoms with Crippen LogP contribution in [-0.4, -0.2) is 36.3 Å². The van der Waals surface area contributed by atoms with Crippen molar-refractivity contribution in [2.45, 2.75) is 104 Å². The normalized spacial score (nSPS) is 20.9. The minimum Gasteiger partial charge on any atom is -0.480 e. The maximum absolute atomic E-state index is 12.2. The molecule has 52 heavy (non-hydrogen) atoms. The highest BCUT2D eigenvalue weighted by Gasteiger charge is 2.41. The van der Waals surface area contributed by atoms with Gasteiger partial charge in [-0.3, -0.25) is 4.79 Å². The zero-order valence-electron chi connectivity index (χ0n) is 31.7. The molecule has 1 aliphatic carbocycles. The molecule has 0 aromatic heterocycles. The van der Waals surface area contributed by atoms with Crippen LogP contribution in [0.3, 0.4) is 0 Å². The highest BCUT2D eigenvalue weighted by atomic mass is 35.5. The average Bonchev–Trinajstić information content (AvgIpc) is 3.47. The Balaban J connectivity index is 1.68. The molecule has 3 aliphatic rings. The van der Waals surface area contributed by atoms with Crippen molar-refractivity contribution in [1.29, 1.82) is 15.8 Å². The lowest BCUT2D eigenvalue weighted by atomic mass is 9.70. The lowest BCUT2D eigenvalue weighted by Crippen LogP contribution is -2.27. The molecule has 1 aromatic rings. The van der Waals surface area contributed by atoms with E-state index in [9.17, 15) is 20.6 Å². The zero-order chi connectivity index (χ0) is 38.3. The smallest absolute Gasteiger partial charge is 0.219 e. The first kappa shape index (κ1) is 40.2. The number of carbonyl (C=O) groups excluding carboxylic acids is 1. The molecule has 1 aromatic carbocycles. The number of unbranched alkanes of at least 4 members (excludes halogenated alkanes) is 2. The van der Waals surface area contributed by atoms with Gasteiger partial charge in [0.2, 0.25) is 5.91 Å². The number of fused-ring (bicyclic) bond motifs is 1. The van der Waals surface area contributed by atoms with Crippen molar-refractivity contribution in [3.05, 3.63) is 98.5 Å². The van der Waals surface area contributed by atoms with Gasteiger partial charge in [-0.1, -0.05) is 89.1 Å². The molecule has 2 heterocycles. The van der Waals surface area contributed by atoms with Gasteiger partial charge in [-0.15, -0.1) is 0 Å². The second-order valence-electron chi connectivity index (χ2n) is 15.9. The molecule has 0 radical (unpaired) electrons. The predicted molar refractivity (Wildman–Crippen MR) is 206 cm³/mol. The third kappa shape index (κ3) is 8.90. The highest BCUT2D eigenvalue weighted by Crippen LogP contribution is 2.49. The lowest BCUT2D eigenvalue weighted by molar-refractivity contribution is -0.121. The number of benzene rings is 1. The molecular weight excluding hydrogens is 670 g/mol. The molecule has 0 bridgehead atoms. The van der Waals surface area contributed by atoms with Gasteiger partial charge >= 0.3 is 0 Å². The second kappa shape index (κ2) is 16.9. The van der Waals surface area contributed by atoms with Gasteiger partial charge in [0.05, 0.1) is 0 Å². The Morgan fingerprint density at radius 1 is 1.04 bits per heavy atom. The summed E-state index contributed by atoms with van der Waals surface area (Å²) in [5, 5.41) is 41.5. The van der Waals surface area contributed by atoms with Crippen LogP contribution in [0.25, 0.3) is 0 Å². The molecule has 2 aliphatic heterocycles. The van der Waals surface area contributed by atoms with E-state index in [1.165, 1.54) is 16.9 Å². The van der Waals surface area contributed by atoms with Crippen molar-refractivity contribution in [1.82, 2.24) is 5.32 Å². The number of hydrogen-bond donors (Lipinski definition) is 2. The van der Waals surface area contributed by atoms with E-state index in [0.29, 0.717) is 35.9 Å². The zero-order valence-corrected chi connectivity index (χ0v) is 32.5. The van der Waals surface area contributed by atoms with Crippen LogP contribution in [-0.2, 0) is 14.9 Å². The molecule has 1 atom stereocenters. The fourth-order valence-corrected chi connectivity index (χ4v) is 7.52. The van der Waals surface area contributed by atoms with Crippen molar-refractivity contribution >= 4 is 23.2 Å². The molecule has 2 N–H and O–H groups in total. The van der Waals surface area contributed by atoms with Crippen molar-refractivity contribution in [2.75, 3.05) is 24.6 Å². The second-order valence-corrected chi connectivity index (χ2v) is 16.2. The lowest BCUT2D eigenvalue weighted by Gasteiger charge is -2.36. The number of carbonyl (C=O) groups is 1. The van der Waals surface area contributed by atoms with Crippen molar-refractivity contribution < 1.29 is 14.6 Å². The minimum atomic E-state index is -0.913. The van der Waals surface area contributed by atoms with Crippen molar-refractivity contribution in [3.8, 4) is 18.2 Å². The van der Waals surface area contributed by atoms with E-state index in [2.05, 4.69) is 87.3 Å². The van der Waals surface area contributed by atoms with E-state index < -0.39 is 5.60 Å². The first-order valence-electron chi connectivity index (χ1n) is 18.2. The molecule has 8 nitrogen and oxygen atoms in total. The van der Waals surface area contributed by atoms with E-state index in [-0.39, 0.29) is 40.2 Å². The summed E-state index contributed by atoms with van der Waals surface area (Å²) in [6.07, 6.45) is 13.5. The Bertz CT molecular complexity index is 1850. The summed E-state index contributed by atoms with van der Waals surface area (Å²) in [6.45, 7) is 16.3. The SMILES string of the molecule is CC1(C)OC(=C(C#N)C#N)C(C#N)=C1C=CC1=C(Cl)C(=CC=C2N(CCCCCC(=O)NCCCO)c3ccccc3C2(C)C)CC(C(C)(C)C)C1. The topological polar surface area (TPSA) is 133 Å². The first-order chi connectivity index (χ1) is 24.6. The molecule has 0 fully saturated rings. The maximum Gasteiger partial charge on any atom is 0.219 e. The number of para-hydroxylation sites is 1. The van der Waals surface area contributed by atoms with Crippen LogP contribution in [0.5, 0.6) is 0 Å². The maximum atomic E-state index is 12.2. The highest BCUT2D eigenvalue weighted by molar-refractivity contribution is 6.32. The predicted octanol–water partition coefficient (Wildman–Crippen LogP) is 9.09. The van der Waals surface area contributed by atoms with Gasteiger partial charge in [-0.05, 0) is 86.1 Å². The fraction of sp³-hybridized carbons (Fsp3) is 0.488. The van der Waals surface area contributed by atoms with Gasteiger partial charge in [-0.2, -0.15) is 15.8 Å². The molecule has 0 saturated heterocycles. The third-order valence-corrected chi connectivity index (χ3v) is 10.9. The number of nitrogens with one attached hydrogen (secondary N) is 1. The van der Waals surface area contributed by atoms with E-state index >= 15 is 0 Å². The number of ether oxygens (including phenoxy) is 1. The first-order valence-corrected chi connectivity index (χ1v) is 18.6. The summed E-state index contributed by atoms with van der Waals surface area (Å²) in [4.78, 5) is 14.6. The standard InChI is InChI=1S/C43H52ClN5O3/c1-41(2,3)32-24-29(17-19-34-33(28-47)40(31(26-45)27-46)52-43(34,6)7)39(44)30(25-32)18-20-37-42(4,5)35-14-10-11-15-36(35)49(37)22-12-8-9-16-38(51)48-21-13-23-50/h10-11,14-15,17-20,32,50H,8-9,12-13,16,21-25H2,1-7H3,(H,48,51). The largest absolute Gasteiger partial charge is 0.480 e. The Morgan fingerprint density at radius 3 is 2.40 bits per heavy atom. The number of nitriles is 3. The monoisotopic (exact) mass is 721 g/mol. The van der Waals surface area contributed by atoms with Gasteiger partial charge < -0.3 is 20.1 Å². The van der Waals surface area contributed by atoms with E-state index in [1.807, 2.05) is 38.1 Å². The van der Waals surface area contributed by atoms with Gasteiger partial charge in [0.15, 0.2) is 11.3 Å². The Labute approximate surface area is 315 Å². The van der Waals surface area contributed by atoms with E-state index in [4.69, 9.17) is 21.4 Å². The Kier molecular flexibility index (Phi) is 13.0. The molecule has 0 saturated carbocycles. The van der Waals surface area contributed by atoms with Gasteiger partial charge in [-0.25, -0.2) is 0 Å². The number of allylic oxidation sites excluding steroid dienone is 9. The number of aliphatic hydroxyl groups excluding tert-OH is 1. The molecule has 0 spiro atoms. The van der Waals surface area contributed by atoms with Crippen LogP contribution in [0.4, 0.5) is 5.69 Å². The summed E-state index contributed by atoms with van der Waals surface area (Å²) in [7, 11) is 0. The number of amides is 1. The molecule has 274 valence electrons. The average molecular weight is 722 g/mol. The van der Waals surface area contributed by atoms with E-state index in [1.54, 1.807) is 0 Å². The van der Waals surface area contributed by atoms with Crippen LogP contribution in [0.1, 0.15) is 99.0 Å². The van der Waals surface area contributed by atoms with E-state index in [0.717, 1.165) is 49.8 Å². The third-order valence-electron chi connectivity index (χ3n) is 10.4. The van der Waals surface area contributed by atoms with Crippen LogP contribution in [0, 0.1) is 45.3 Å². The number of aliphatic hydroxyl groups is 1. The molecule has 1 unspecified atom stereocenters. The number of anilines is 1. The van der Waals surface area contributed by atoms with Crippen molar-refractivity contribution in [2.24, 2.45) is 11.3 Å². The summed E-state index contributed by atoms with van der Waals surface area (Å²) in [5.74, 6) is 0.358. The molecule has 9 heteroatoms. The Morgan fingerprint density at radius 2 is 1.75 bits per heavy atom. The summed E-state index contributed by atoms with van der Waals surface area (Å²) >= 11 is 7.25. The van der Waals surface area contributed by atoms with Gasteiger partial charge in [0.1, 0.15) is 29.4 Å². The van der Waals surface area contributed by atoms with Gasteiger partial charge in [0.25, 0.3) is 0 Å². The summed E-state index contributed by atoms with van der Waals surface area (Å²) in [6, 6.07) is 14.4. The van der Waals surface area contributed by atoms with Gasteiger partial charge in [0, 0.05) is 53.5 Å². The minimum absolute atomic E-state index is 0.00473. The number of nitrogens with zero attached hydrogens (tertiary/aromatic N) is 4. The summed E-state index contributed by atoms with van der Waals surface area (Å²) < 4.78 is 5.98. The number of hydrogen-bond acceptors (Lipinski definition) is 7. The quantitative estimate of drug-likeness (QED) is 0.162. The summed E-state index contributed by atoms with van der Waals surface area (Å²) in [5.41, 5.74) is 5.09. The molecule has 4 rings (SSSR count). The van der Waals surface area contributed by atoms with Crippen LogP contribution in [0.15, 0.2) is 92.9 Å². The van der Waals surface area contributed by atoms with Crippen molar-refractivity contribution in [3.63, 3.8) is 0 Å². The molecular formula is C43H52ClN5O3. The Hall–Kier alpha value is -4.55. The van der Waals surface area contributed by atoms with Crippen LogP contribution in [0.2, 0.25) is 0 Å². The fourth-order valence-electron chi connectivity index (χ4n) is 7.24.